The van der Waals surface area contributed by atoms with Gasteiger partial charge in [-0.2, -0.15) is 17.5 Å². The minimum Gasteiger partial charge on any atom is -0.364 e. The van der Waals surface area contributed by atoms with Gasteiger partial charge in [-0.3, -0.25) is 19.0 Å². The predicted octanol–water partition coefficient (Wildman–Crippen LogP) is 1.61. The summed E-state index contributed by atoms with van der Waals surface area (Å²) in [6.07, 6.45) is -3.64. The Bertz CT molecular complexity index is 1110. The van der Waals surface area contributed by atoms with Crippen LogP contribution >= 0.6 is 11.5 Å². The highest BCUT2D eigenvalue weighted by Gasteiger charge is 2.33. The average molecular weight is 397 g/mol. The van der Waals surface area contributed by atoms with Crippen molar-refractivity contribution in [2.24, 2.45) is 5.73 Å². The highest BCUT2D eigenvalue weighted by molar-refractivity contribution is 7.13. The highest BCUT2D eigenvalue weighted by Crippen LogP contribution is 2.34. The third-order valence-electron chi connectivity index (χ3n) is 3.50. The Morgan fingerprint density at radius 2 is 1.96 bits per heavy atom. The van der Waals surface area contributed by atoms with Gasteiger partial charge in [-0.25, -0.2) is 4.98 Å². The summed E-state index contributed by atoms with van der Waals surface area (Å²) in [5.74, 6) is -1.71. The summed E-state index contributed by atoms with van der Waals surface area (Å²) in [5, 5.41) is 2.13. The van der Waals surface area contributed by atoms with Crippen molar-refractivity contribution in [2.75, 3.05) is 5.32 Å². The molecule has 140 valence electrons. The maximum Gasteiger partial charge on any atom is 0.418 e. The van der Waals surface area contributed by atoms with Crippen LogP contribution in [0, 0.1) is 0 Å². The second kappa shape index (κ2) is 6.79. The number of alkyl halides is 3. The van der Waals surface area contributed by atoms with E-state index in [2.05, 4.69) is 14.7 Å². The van der Waals surface area contributed by atoms with Crippen LogP contribution in [0.5, 0.6) is 0 Å². The molecular formula is C15H10F3N5O3S. The van der Waals surface area contributed by atoms with Crippen LogP contribution in [0.3, 0.4) is 0 Å². The van der Waals surface area contributed by atoms with Crippen molar-refractivity contribution in [3.8, 4) is 0 Å². The summed E-state index contributed by atoms with van der Waals surface area (Å²) in [6.45, 7) is -0.572. The van der Waals surface area contributed by atoms with Gasteiger partial charge in [-0.15, -0.1) is 0 Å². The van der Waals surface area contributed by atoms with Gasteiger partial charge in [0.2, 0.25) is 5.91 Å². The number of primary amides is 1. The first-order valence-electron chi connectivity index (χ1n) is 7.29. The van der Waals surface area contributed by atoms with Crippen molar-refractivity contribution in [1.29, 1.82) is 0 Å². The van der Waals surface area contributed by atoms with Crippen LogP contribution in [0.4, 0.5) is 18.9 Å². The second-order valence-corrected chi connectivity index (χ2v) is 6.12. The van der Waals surface area contributed by atoms with Crippen LogP contribution in [-0.4, -0.2) is 25.7 Å². The molecule has 8 nitrogen and oxygen atoms in total. The number of nitrogens with zero attached hydrogens (tertiary/aromatic N) is 3. The van der Waals surface area contributed by atoms with E-state index >= 15 is 0 Å². The molecule has 0 fully saturated rings. The summed E-state index contributed by atoms with van der Waals surface area (Å²) in [5.41, 5.74) is 2.88. The quantitative estimate of drug-likeness (QED) is 0.693. The number of hydrogen-bond acceptors (Lipinski definition) is 6. The largest absolute Gasteiger partial charge is 0.418 e. The number of carbonyl (C=O) groups is 2. The van der Waals surface area contributed by atoms with E-state index in [0.29, 0.717) is 11.5 Å². The van der Waals surface area contributed by atoms with Gasteiger partial charge in [0.15, 0.2) is 5.69 Å². The number of hydrogen-bond donors (Lipinski definition) is 2. The number of nitrogens with one attached hydrogen (secondary N) is 1. The molecule has 27 heavy (non-hydrogen) atoms. The van der Waals surface area contributed by atoms with Gasteiger partial charge in [0.1, 0.15) is 16.8 Å². The zero-order valence-corrected chi connectivity index (χ0v) is 14.1. The molecule has 0 atom stereocenters. The van der Waals surface area contributed by atoms with Crippen LogP contribution < -0.4 is 16.6 Å². The van der Waals surface area contributed by atoms with E-state index in [-0.39, 0.29) is 15.9 Å². The lowest BCUT2D eigenvalue weighted by atomic mass is 10.1. The van der Waals surface area contributed by atoms with Gasteiger partial charge >= 0.3 is 6.18 Å². The van der Waals surface area contributed by atoms with Crippen molar-refractivity contribution < 1.29 is 22.8 Å². The molecule has 0 aliphatic heterocycles. The molecule has 0 saturated carbocycles. The van der Waals surface area contributed by atoms with Gasteiger partial charge in [-0.1, -0.05) is 12.1 Å². The number of fused-ring (bicyclic) bond motifs is 1. The van der Waals surface area contributed by atoms with Crippen molar-refractivity contribution in [2.45, 2.75) is 12.7 Å². The van der Waals surface area contributed by atoms with Gasteiger partial charge in [0.25, 0.3) is 11.5 Å². The first kappa shape index (κ1) is 18.5. The Morgan fingerprint density at radius 1 is 1.26 bits per heavy atom. The normalized spacial score (nSPS) is 11.5. The second-order valence-electron chi connectivity index (χ2n) is 5.34. The van der Waals surface area contributed by atoms with E-state index in [1.54, 1.807) is 0 Å². The number of anilines is 1. The first-order chi connectivity index (χ1) is 12.7. The van der Waals surface area contributed by atoms with Crippen molar-refractivity contribution >= 4 is 39.3 Å². The Morgan fingerprint density at radius 3 is 2.63 bits per heavy atom. The van der Waals surface area contributed by atoms with Gasteiger partial charge in [-0.05, 0) is 23.7 Å². The number of para-hydroxylation sites is 1. The Hall–Kier alpha value is -3.28. The summed E-state index contributed by atoms with van der Waals surface area (Å²) in [6, 6.07) is 4.47. The molecule has 0 radical (unpaired) electrons. The van der Waals surface area contributed by atoms with E-state index in [0.717, 1.165) is 23.0 Å². The van der Waals surface area contributed by atoms with E-state index in [1.165, 1.54) is 12.1 Å². The molecule has 2 amide bonds. The lowest BCUT2D eigenvalue weighted by Gasteiger charge is -2.13. The Balaban J connectivity index is 1.87. The molecule has 0 saturated heterocycles. The minimum atomic E-state index is -4.64. The number of carbonyl (C=O) groups excluding carboxylic acids is 2. The molecule has 0 bridgehead atoms. The number of amides is 2. The lowest BCUT2D eigenvalue weighted by Crippen LogP contribution is -2.28. The predicted molar refractivity (Wildman–Crippen MR) is 90.3 cm³/mol. The minimum absolute atomic E-state index is 0.00907. The molecule has 0 aliphatic carbocycles. The number of nitrogens with two attached hydrogens (primary N) is 1. The van der Waals surface area contributed by atoms with Crippen LogP contribution in [0.15, 0.2) is 35.4 Å². The van der Waals surface area contributed by atoms with Crippen LogP contribution in [-0.2, 0) is 17.5 Å². The Labute approximate surface area is 152 Å². The van der Waals surface area contributed by atoms with E-state index in [1.807, 2.05) is 0 Å². The summed E-state index contributed by atoms with van der Waals surface area (Å²) >= 11 is 0.693. The third kappa shape index (κ3) is 3.65. The zero-order valence-electron chi connectivity index (χ0n) is 13.3. The summed E-state index contributed by atoms with van der Waals surface area (Å²) in [7, 11) is 0. The van der Waals surface area contributed by atoms with E-state index in [4.69, 9.17) is 5.73 Å². The van der Waals surface area contributed by atoms with Gasteiger partial charge in [0, 0.05) is 0 Å². The summed E-state index contributed by atoms with van der Waals surface area (Å²) in [4.78, 5) is 39.6. The van der Waals surface area contributed by atoms with Gasteiger partial charge in [0.05, 0.1) is 17.6 Å². The van der Waals surface area contributed by atoms with Crippen LogP contribution in [0.2, 0.25) is 0 Å². The third-order valence-corrected chi connectivity index (χ3v) is 4.33. The topological polar surface area (TPSA) is 120 Å². The SMILES string of the molecule is NC(=O)c1nsc2c(=O)n(CC(=O)Nc3ccccc3C(F)(F)F)cnc12. The summed E-state index contributed by atoms with van der Waals surface area (Å²) < 4.78 is 43.6. The van der Waals surface area contributed by atoms with Crippen LogP contribution in [0.1, 0.15) is 16.1 Å². The maximum absolute atomic E-state index is 13.0. The first-order valence-corrected chi connectivity index (χ1v) is 8.06. The fraction of sp³-hybridized carbons (Fsp3) is 0.133. The standard InChI is InChI=1S/C15H10F3N5O3S/c16-15(17,18)7-3-1-2-4-8(7)21-9(24)5-23-6-20-10-11(13(19)25)22-27-12(10)14(23)26/h1-4,6H,5H2,(H2,19,25)(H,21,24). The Kier molecular flexibility index (Phi) is 4.66. The molecule has 0 unspecified atom stereocenters. The molecule has 2 aromatic heterocycles. The molecule has 3 aromatic rings. The van der Waals surface area contributed by atoms with Crippen LogP contribution in [0.25, 0.3) is 10.2 Å². The monoisotopic (exact) mass is 397 g/mol. The van der Waals surface area contributed by atoms with Crippen molar-refractivity contribution in [3.05, 3.63) is 52.2 Å². The molecule has 1 aromatic carbocycles. The zero-order chi connectivity index (χ0) is 19.8. The van der Waals surface area contributed by atoms with Crippen molar-refractivity contribution in [1.82, 2.24) is 13.9 Å². The van der Waals surface area contributed by atoms with Gasteiger partial charge < -0.3 is 11.1 Å². The maximum atomic E-state index is 13.0. The number of benzene rings is 1. The highest BCUT2D eigenvalue weighted by atomic mass is 32.1. The fourth-order valence-corrected chi connectivity index (χ4v) is 3.10. The smallest absolute Gasteiger partial charge is 0.364 e. The molecular weight excluding hydrogens is 387 g/mol. The number of rotatable bonds is 4. The molecule has 3 rings (SSSR count). The number of halogens is 3. The average Bonchev–Trinajstić information content (AvgIpc) is 3.02. The molecule has 0 spiro atoms. The number of aromatic nitrogens is 3. The van der Waals surface area contributed by atoms with E-state index < -0.39 is 41.3 Å². The lowest BCUT2D eigenvalue weighted by molar-refractivity contribution is -0.137. The molecule has 2 heterocycles. The molecule has 0 aliphatic rings. The fourth-order valence-electron chi connectivity index (χ4n) is 2.31. The van der Waals surface area contributed by atoms with Crippen molar-refractivity contribution in [3.63, 3.8) is 0 Å². The molecule has 3 N–H and O–H groups in total. The van der Waals surface area contributed by atoms with E-state index in [9.17, 15) is 27.6 Å². The molecule has 12 heteroatoms.